The average Bonchev–Trinajstić information content (AvgIpc) is 3.31. The summed E-state index contributed by atoms with van der Waals surface area (Å²) in [5, 5.41) is 0. The molecule has 2 atom stereocenters. The van der Waals surface area contributed by atoms with Gasteiger partial charge in [0.05, 0.1) is 27.7 Å². The number of esters is 2. The molecule has 0 saturated carbocycles. The highest BCUT2D eigenvalue weighted by Gasteiger charge is 2.22. The van der Waals surface area contributed by atoms with Crippen molar-refractivity contribution in [3.8, 4) is 0 Å². The Labute approximate surface area is 428 Å². The first kappa shape index (κ1) is 67.8. The summed E-state index contributed by atoms with van der Waals surface area (Å²) in [6.07, 6.45) is 59.9. The Bertz CT molecular complexity index is 1180. The highest BCUT2D eigenvalue weighted by molar-refractivity contribution is 7.45. The topological polar surface area (TPSA) is 111 Å². The number of phosphoric acid groups is 1. The van der Waals surface area contributed by atoms with Gasteiger partial charge in [-0.3, -0.25) is 14.2 Å². The predicted molar refractivity (Wildman–Crippen MR) is 292 cm³/mol. The normalized spacial score (nSPS) is 13.3. The quantitative estimate of drug-likeness (QED) is 0.0195. The molecule has 0 aromatic rings. The van der Waals surface area contributed by atoms with Gasteiger partial charge in [0.1, 0.15) is 19.8 Å². The van der Waals surface area contributed by atoms with Crippen LogP contribution in [0.5, 0.6) is 0 Å². The minimum absolute atomic E-state index is 0.0288. The van der Waals surface area contributed by atoms with Crippen molar-refractivity contribution in [2.24, 2.45) is 0 Å². The van der Waals surface area contributed by atoms with Crippen molar-refractivity contribution >= 4 is 19.8 Å². The number of likely N-dealkylation sites (N-methyl/N-ethyl adjacent to an activating group) is 1. The van der Waals surface area contributed by atoms with Crippen LogP contribution in [0.4, 0.5) is 0 Å². The van der Waals surface area contributed by atoms with E-state index in [-0.39, 0.29) is 32.0 Å². The van der Waals surface area contributed by atoms with Gasteiger partial charge in [0.15, 0.2) is 6.10 Å². The molecule has 9 nitrogen and oxygen atoms in total. The summed E-state index contributed by atoms with van der Waals surface area (Å²) in [5.41, 5.74) is 0. The van der Waals surface area contributed by atoms with Crippen LogP contribution in [0.25, 0.3) is 0 Å². The van der Waals surface area contributed by atoms with E-state index >= 15 is 0 Å². The van der Waals surface area contributed by atoms with E-state index in [4.69, 9.17) is 18.5 Å². The smallest absolute Gasteiger partial charge is 0.306 e. The zero-order valence-corrected chi connectivity index (χ0v) is 47.4. The molecule has 0 aliphatic heterocycles. The van der Waals surface area contributed by atoms with Crippen LogP contribution in [-0.2, 0) is 32.7 Å². The van der Waals surface area contributed by atoms with Gasteiger partial charge < -0.3 is 27.9 Å². The number of phosphoric ester groups is 1. The van der Waals surface area contributed by atoms with Crippen molar-refractivity contribution in [2.75, 3.05) is 47.5 Å². The summed E-state index contributed by atoms with van der Waals surface area (Å²) >= 11 is 0. The first-order valence-electron chi connectivity index (χ1n) is 29.9. The molecule has 0 aromatic heterocycles. The average molecular weight is 999 g/mol. The largest absolute Gasteiger partial charge is 0.756 e. The first-order valence-corrected chi connectivity index (χ1v) is 31.4. The zero-order chi connectivity index (χ0) is 50.6. The van der Waals surface area contributed by atoms with Crippen LogP contribution >= 0.6 is 7.82 Å². The summed E-state index contributed by atoms with van der Waals surface area (Å²) < 4.78 is 34.1. The van der Waals surface area contributed by atoms with Crippen molar-refractivity contribution in [3.63, 3.8) is 0 Å². The highest BCUT2D eigenvalue weighted by Crippen LogP contribution is 2.38. The number of rotatable bonds is 56. The van der Waals surface area contributed by atoms with Gasteiger partial charge in [-0.1, -0.05) is 264 Å². The fourth-order valence-electron chi connectivity index (χ4n) is 8.89. The third kappa shape index (κ3) is 55.9. The fourth-order valence-corrected chi connectivity index (χ4v) is 9.62. The molecule has 0 amide bonds. The van der Waals surface area contributed by atoms with Gasteiger partial charge in [-0.2, -0.15) is 0 Å². The number of allylic oxidation sites excluding steroid dienone is 2. The van der Waals surface area contributed by atoms with Crippen LogP contribution in [0.2, 0.25) is 0 Å². The molecule has 10 heteroatoms. The lowest BCUT2D eigenvalue weighted by Crippen LogP contribution is -2.37. The zero-order valence-electron chi connectivity index (χ0n) is 46.5. The van der Waals surface area contributed by atoms with Crippen molar-refractivity contribution in [1.29, 1.82) is 0 Å². The number of carbonyl (C=O) groups is 2. The Balaban J connectivity index is 4.02. The van der Waals surface area contributed by atoms with Gasteiger partial charge in [0, 0.05) is 12.8 Å². The SMILES string of the molecule is CCCCCCCCC/C=C\CCCCCCCC(=O)OC(COC(=O)CCCCCCCCCCCCCCCCCCCCCCCCCCCCCCC)COP(=O)([O-])OCC[N+](C)(C)C. The lowest BCUT2D eigenvalue weighted by atomic mass is 10.0. The summed E-state index contributed by atoms with van der Waals surface area (Å²) in [6.45, 7) is 4.28. The van der Waals surface area contributed by atoms with E-state index in [9.17, 15) is 19.0 Å². The molecule has 0 rings (SSSR count). The van der Waals surface area contributed by atoms with E-state index in [0.29, 0.717) is 17.4 Å². The van der Waals surface area contributed by atoms with E-state index in [1.54, 1.807) is 0 Å². The van der Waals surface area contributed by atoms with Crippen LogP contribution in [0.15, 0.2) is 12.2 Å². The molecule has 0 N–H and O–H groups in total. The number of hydrogen-bond donors (Lipinski definition) is 0. The Morgan fingerprint density at radius 2 is 0.739 bits per heavy atom. The van der Waals surface area contributed by atoms with Crippen LogP contribution in [0.3, 0.4) is 0 Å². The second-order valence-electron chi connectivity index (χ2n) is 21.7. The van der Waals surface area contributed by atoms with E-state index in [1.807, 2.05) is 21.1 Å². The van der Waals surface area contributed by atoms with E-state index < -0.39 is 26.5 Å². The minimum atomic E-state index is -4.63. The third-order valence-corrected chi connectivity index (χ3v) is 14.5. The maximum atomic E-state index is 12.8. The molecule has 69 heavy (non-hydrogen) atoms. The summed E-state index contributed by atoms with van der Waals surface area (Å²) in [7, 11) is 1.18. The van der Waals surface area contributed by atoms with Crippen molar-refractivity contribution in [3.05, 3.63) is 12.2 Å². The number of quaternary nitrogens is 1. The molecule has 410 valence electrons. The summed E-state index contributed by atoms with van der Waals surface area (Å²) in [5.74, 6) is -0.825. The Kier molecular flexibility index (Phi) is 50.7. The Hall–Kier alpha value is -1.25. The molecule has 0 saturated heterocycles. The van der Waals surface area contributed by atoms with Crippen molar-refractivity contribution < 1.29 is 42.1 Å². The summed E-state index contributed by atoms with van der Waals surface area (Å²) in [4.78, 5) is 37.8. The molecule has 0 aliphatic rings. The molecular weight excluding hydrogens is 882 g/mol. The highest BCUT2D eigenvalue weighted by atomic mass is 31.2. The van der Waals surface area contributed by atoms with Gasteiger partial charge >= 0.3 is 11.9 Å². The van der Waals surface area contributed by atoms with Crippen molar-refractivity contribution in [1.82, 2.24) is 0 Å². The van der Waals surface area contributed by atoms with Gasteiger partial charge in [-0.15, -0.1) is 0 Å². The maximum Gasteiger partial charge on any atom is 0.306 e. The second-order valence-corrected chi connectivity index (χ2v) is 23.1. The van der Waals surface area contributed by atoms with Gasteiger partial charge in [-0.05, 0) is 38.5 Å². The molecule has 0 fully saturated rings. The van der Waals surface area contributed by atoms with Gasteiger partial charge in [0.2, 0.25) is 0 Å². The van der Waals surface area contributed by atoms with E-state index in [2.05, 4.69) is 26.0 Å². The number of ether oxygens (including phenoxy) is 2. The van der Waals surface area contributed by atoms with Crippen LogP contribution in [0, 0.1) is 0 Å². The molecule has 0 bridgehead atoms. The standard InChI is InChI=1S/C59H116NO8P/c1-6-8-10-12-14-16-18-20-22-24-25-26-27-28-29-30-31-32-33-34-35-36-38-39-41-43-45-47-49-51-58(61)65-55-57(56-67-69(63,64)66-54-53-60(3,4)5)68-59(62)52-50-48-46-44-42-40-37-23-21-19-17-15-13-11-9-7-2/h23,37,57H,6-22,24-36,38-56H2,1-5H3/b37-23-. The van der Waals surface area contributed by atoms with Gasteiger partial charge in [0.25, 0.3) is 7.82 Å². The van der Waals surface area contributed by atoms with Crippen LogP contribution < -0.4 is 4.89 Å². The van der Waals surface area contributed by atoms with E-state index in [0.717, 1.165) is 51.4 Å². The third-order valence-electron chi connectivity index (χ3n) is 13.5. The Morgan fingerprint density at radius 1 is 0.435 bits per heavy atom. The van der Waals surface area contributed by atoms with Gasteiger partial charge in [-0.25, -0.2) is 0 Å². The van der Waals surface area contributed by atoms with Crippen molar-refractivity contribution in [2.45, 2.75) is 309 Å². The lowest BCUT2D eigenvalue weighted by molar-refractivity contribution is -0.870. The Morgan fingerprint density at radius 3 is 1.07 bits per heavy atom. The van der Waals surface area contributed by atoms with Crippen LogP contribution in [-0.4, -0.2) is 70.0 Å². The molecular formula is C59H116NO8P. The molecule has 0 aliphatic carbocycles. The number of carbonyl (C=O) groups excluding carboxylic acids is 2. The first-order chi connectivity index (χ1) is 33.5. The maximum absolute atomic E-state index is 12.8. The monoisotopic (exact) mass is 998 g/mol. The minimum Gasteiger partial charge on any atom is -0.756 e. The molecule has 0 spiro atoms. The predicted octanol–water partition coefficient (Wildman–Crippen LogP) is 17.8. The molecule has 0 radical (unpaired) electrons. The molecule has 0 heterocycles. The number of hydrogen-bond acceptors (Lipinski definition) is 8. The van der Waals surface area contributed by atoms with E-state index in [1.165, 1.54) is 218 Å². The molecule has 2 unspecified atom stereocenters. The van der Waals surface area contributed by atoms with Crippen LogP contribution in [0.1, 0.15) is 303 Å². The lowest BCUT2D eigenvalue weighted by Gasteiger charge is -2.28. The fraction of sp³-hybridized carbons (Fsp3) is 0.932. The molecule has 0 aromatic carbocycles. The number of nitrogens with zero attached hydrogens (tertiary/aromatic N) is 1. The summed E-state index contributed by atoms with van der Waals surface area (Å²) in [6, 6.07) is 0. The number of unbranched alkanes of at least 4 members (excludes halogenated alkanes) is 40. The second kappa shape index (κ2) is 51.6.